The van der Waals surface area contributed by atoms with Crippen LogP contribution in [0.4, 0.5) is 10.7 Å². The lowest BCUT2D eigenvalue weighted by atomic mass is 10.2. The van der Waals surface area contributed by atoms with Gasteiger partial charge in [-0.25, -0.2) is 19.7 Å². The molecule has 1 saturated heterocycles. The molecule has 8 nitrogen and oxygen atoms in total. The van der Waals surface area contributed by atoms with Crippen molar-refractivity contribution in [3.05, 3.63) is 34.5 Å². The lowest BCUT2D eigenvalue weighted by molar-refractivity contribution is -0.0176. The van der Waals surface area contributed by atoms with Crippen molar-refractivity contribution >= 4 is 23.3 Å². The second-order valence-corrected chi connectivity index (χ2v) is 6.34. The standard InChI is InChI=1S/C15H20N6O2S/c1-20(2)14-16-4-3-12(19-14)13-8-21(5-6-23-13)15(22)17-7-11-9-24-10-18-11/h3-4,9-10,13H,5-8H2,1-2H3,(H,17,22). The molecule has 9 heteroatoms. The lowest BCUT2D eigenvalue weighted by Crippen LogP contribution is -2.47. The highest BCUT2D eigenvalue weighted by Gasteiger charge is 2.26. The van der Waals surface area contributed by atoms with Gasteiger partial charge in [0.15, 0.2) is 0 Å². The minimum Gasteiger partial charge on any atom is -0.368 e. The zero-order valence-electron chi connectivity index (χ0n) is 13.7. The van der Waals surface area contributed by atoms with Crippen molar-refractivity contribution < 1.29 is 9.53 Å². The van der Waals surface area contributed by atoms with Gasteiger partial charge in [-0.3, -0.25) is 0 Å². The van der Waals surface area contributed by atoms with Gasteiger partial charge >= 0.3 is 6.03 Å². The molecule has 3 rings (SSSR count). The molecular weight excluding hydrogens is 328 g/mol. The summed E-state index contributed by atoms with van der Waals surface area (Å²) in [6.07, 6.45) is 1.47. The molecule has 128 valence electrons. The molecule has 1 aliphatic rings. The molecule has 0 bridgehead atoms. The summed E-state index contributed by atoms with van der Waals surface area (Å²) < 4.78 is 5.79. The smallest absolute Gasteiger partial charge is 0.317 e. The number of anilines is 1. The fourth-order valence-corrected chi connectivity index (χ4v) is 2.93. The normalized spacial score (nSPS) is 17.6. The maximum atomic E-state index is 12.3. The number of urea groups is 1. The molecule has 1 fully saturated rings. The van der Waals surface area contributed by atoms with Crippen molar-refractivity contribution in [2.45, 2.75) is 12.6 Å². The van der Waals surface area contributed by atoms with Crippen LogP contribution in [0.2, 0.25) is 0 Å². The van der Waals surface area contributed by atoms with Crippen LogP contribution in [0.5, 0.6) is 0 Å². The zero-order valence-corrected chi connectivity index (χ0v) is 14.5. The highest BCUT2D eigenvalue weighted by molar-refractivity contribution is 7.07. The van der Waals surface area contributed by atoms with Gasteiger partial charge in [0.05, 0.1) is 36.6 Å². The van der Waals surface area contributed by atoms with E-state index in [4.69, 9.17) is 4.74 Å². The van der Waals surface area contributed by atoms with Crippen molar-refractivity contribution in [1.29, 1.82) is 0 Å². The Morgan fingerprint density at radius 2 is 2.38 bits per heavy atom. The molecule has 2 aromatic heterocycles. The molecule has 1 atom stereocenters. The highest BCUT2D eigenvalue weighted by Crippen LogP contribution is 2.21. The molecular formula is C15H20N6O2S. The average molecular weight is 348 g/mol. The summed E-state index contributed by atoms with van der Waals surface area (Å²) in [5.74, 6) is 0.626. The van der Waals surface area contributed by atoms with Gasteiger partial charge in [0, 0.05) is 32.2 Å². The molecule has 3 heterocycles. The summed E-state index contributed by atoms with van der Waals surface area (Å²) in [7, 11) is 3.78. The Balaban J connectivity index is 1.61. The van der Waals surface area contributed by atoms with Gasteiger partial charge in [0.1, 0.15) is 6.10 Å². The summed E-state index contributed by atoms with van der Waals surface area (Å²) in [6, 6.07) is 1.71. The van der Waals surface area contributed by atoms with Crippen molar-refractivity contribution in [3.63, 3.8) is 0 Å². The van der Waals surface area contributed by atoms with Crippen molar-refractivity contribution in [1.82, 2.24) is 25.2 Å². The Labute approximate surface area is 144 Å². The fourth-order valence-electron chi connectivity index (χ4n) is 2.37. The average Bonchev–Trinajstić information content (AvgIpc) is 3.13. The van der Waals surface area contributed by atoms with E-state index in [1.165, 1.54) is 11.3 Å². The van der Waals surface area contributed by atoms with Gasteiger partial charge in [-0.1, -0.05) is 0 Å². The first kappa shape index (κ1) is 16.6. The number of thiazole rings is 1. The fraction of sp³-hybridized carbons (Fsp3) is 0.467. The van der Waals surface area contributed by atoms with E-state index in [-0.39, 0.29) is 12.1 Å². The van der Waals surface area contributed by atoms with E-state index >= 15 is 0 Å². The predicted octanol–water partition coefficient (Wildman–Crippen LogP) is 1.28. The Kier molecular flexibility index (Phi) is 5.21. The number of hydrogen-bond acceptors (Lipinski definition) is 7. The van der Waals surface area contributed by atoms with Gasteiger partial charge in [-0.15, -0.1) is 11.3 Å². The number of ether oxygens (including phenoxy) is 1. The monoisotopic (exact) mass is 348 g/mol. The molecule has 0 aliphatic carbocycles. The summed E-state index contributed by atoms with van der Waals surface area (Å²) in [5, 5.41) is 4.81. The van der Waals surface area contributed by atoms with Gasteiger partial charge in [-0.2, -0.15) is 0 Å². The number of carbonyl (C=O) groups excluding carboxylic acids is 1. The Hall–Kier alpha value is -2.26. The molecule has 0 spiro atoms. The maximum Gasteiger partial charge on any atom is 0.317 e. The van der Waals surface area contributed by atoms with Crippen LogP contribution < -0.4 is 10.2 Å². The molecule has 24 heavy (non-hydrogen) atoms. The third-order valence-electron chi connectivity index (χ3n) is 3.65. The van der Waals surface area contributed by atoms with Crippen molar-refractivity contribution in [2.24, 2.45) is 0 Å². The summed E-state index contributed by atoms with van der Waals surface area (Å²) in [5.41, 5.74) is 3.40. The summed E-state index contributed by atoms with van der Waals surface area (Å²) >= 11 is 1.51. The van der Waals surface area contributed by atoms with E-state index in [0.29, 0.717) is 32.2 Å². The number of carbonyl (C=O) groups is 1. The largest absolute Gasteiger partial charge is 0.368 e. The van der Waals surface area contributed by atoms with Crippen LogP contribution in [-0.2, 0) is 11.3 Å². The number of nitrogens with zero attached hydrogens (tertiary/aromatic N) is 5. The van der Waals surface area contributed by atoms with Crippen LogP contribution in [0, 0.1) is 0 Å². The maximum absolute atomic E-state index is 12.3. The van der Waals surface area contributed by atoms with Crippen LogP contribution in [0.1, 0.15) is 17.5 Å². The molecule has 0 saturated carbocycles. The topological polar surface area (TPSA) is 83.5 Å². The number of aromatic nitrogens is 3. The van der Waals surface area contributed by atoms with Crippen molar-refractivity contribution in [2.75, 3.05) is 38.7 Å². The van der Waals surface area contributed by atoms with E-state index < -0.39 is 0 Å². The van der Waals surface area contributed by atoms with Crippen LogP contribution in [-0.4, -0.2) is 59.7 Å². The molecule has 0 radical (unpaired) electrons. The highest BCUT2D eigenvalue weighted by atomic mass is 32.1. The molecule has 2 aromatic rings. The second-order valence-electron chi connectivity index (χ2n) is 5.62. The van der Waals surface area contributed by atoms with E-state index in [9.17, 15) is 4.79 Å². The van der Waals surface area contributed by atoms with E-state index in [1.807, 2.05) is 30.4 Å². The number of rotatable bonds is 4. The van der Waals surface area contributed by atoms with Gasteiger partial charge in [0.25, 0.3) is 0 Å². The first-order valence-corrected chi connectivity index (χ1v) is 8.59. The molecule has 2 amide bonds. The zero-order chi connectivity index (χ0) is 16.9. The minimum absolute atomic E-state index is 0.113. The molecule has 1 N–H and O–H groups in total. The Bertz CT molecular complexity index is 678. The van der Waals surface area contributed by atoms with Gasteiger partial charge < -0.3 is 19.9 Å². The van der Waals surface area contributed by atoms with E-state index in [0.717, 1.165) is 11.4 Å². The van der Waals surface area contributed by atoms with Crippen LogP contribution >= 0.6 is 11.3 Å². The third-order valence-corrected chi connectivity index (χ3v) is 4.29. The minimum atomic E-state index is -0.245. The SMILES string of the molecule is CN(C)c1nccc(C2CN(C(=O)NCc3cscn3)CCO2)n1. The third kappa shape index (κ3) is 3.98. The molecule has 1 unspecified atom stereocenters. The lowest BCUT2D eigenvalue weighted by Gasteiger charge is -2.32. The van der Waals surface area contributed by atoms with E-state index in [2.05, 4.69) is 20.3 Å². The van der Waals surface area contributed by atoms with Gasteiger partial charge in [-0.05, 0) is 6.07 Å². The van der Waals surface area contributed by atoms with Crippen molar-refractivity contribution in [3.8, 4) is 0 Å². The summed E-state index contributed by atoms with van der Waals surface area (Å²) in [6.45, 7) is 1.94. The first-order valence-electron chi connectivity index (χ1n) is 7.65. The van der Waals surface area contributed by atoms with Crippen LogP contribution in [0.25, 0.3) is 0 Å². The number of nitrogens with one attached hydrogen (secondary N) is 1. The van der Waals surface area contributed by atoms with Crippen LogP contribution in [0.3, 0.4) is 0 Å². The quantitative estimate of drug-likeness (QED) is 0.896. The molecule has 1 aliphatic heterocycles. The Morgan fingerprint density at radius 3 is 3.12 bits per heavy atom. The number of hydrogen-bond donors (Lipinski definition) is 1. The Morgan fingerprint density at radius 1 is 1.50 bits per heavy atom. The molecule has 0 aromatic carbocycles. The number of amides is 2. The summed E-state index contributed by atoms with van der Waals surface area (Å²) in [4.78, 5) is 28.8. The second kappa shape index (κ2) is 7.54. The predicted molar refractivity (Wildman–Crippen MR) is 91.0 cm³/mol. The van der Waals surface area contributed by atoms with Crippen LogP contribution in [0.15, 0.2) is 23.2 Å². The van der Waals surface area contributed by atoms with Gasteiger partial charge in [0.2, 0.25) is 5.95 Å². The number of morpholine rings is 1. The first-order chi connectivity index (χ1) is 11.6. The van der Waals surface area contributed by atoms with E-state index in [1.54, 1.807) is 16.6 Å².